The van der Waals surface area contributed by atoms with Crippen LogP contribution in [0.2, 0.25) is 0 Å². The minimum absolute atomic E-state index is 0. The average molecular weight is 1320 g/mol. The molecular weight excluding hydrogens is 1250 g/mol. The highest BCUT2D eigenvalue weighted by atomic mass is 79.9. The molecule has 0 aliphatic carbocycles. The number of benzene rings is 12. The van der Waals surface area contributed by atoms with Gasteiger partial charge in [-0.2, -0.15) is 0 Å². The maximum absolute atomic E-state index is 6.38. The molecule has 0 radical (unpaired) electrons. The van der Waals surface area contributed by atoms with Crippen LogP contribution in [0.15, 0.2) is 308 Å². The summed E-state index contributed by atoms with van der Waals surface area (Å²) < 4.78 is 17.9. The molecule has 1 aliphatic heterocycles. The van der Waals surface area contributed by atoms with Crippen LogP contribution in [-0.2, 0) is 9.31 Å². The summed E-state index contributed by atoms with van der Waals surface area (Å²) >= 11 is 3.43. The Morgan fingerprint density at radius 3 is 1.13 bits per heavy atom. The zero-order valence-electron chi connectivity index (χ0n) is 53.3. The van der Waals surface area contributed by atoms with Crippen molar-refractivity contribution in [1.82, 2.24) is 28.7 Å². The van der Waals surface area contributed by atoms with Crippen LogP contribution in [0.1, 0.15) is 35.1 Å². The van der Waals surface area contributed by atoms with Gasteiger partial charge in [-0.05, 0) is 142 Å². The highest BCUT2D eigenvalue weighted by Crippen LogP contribution is 2.46. The Morgan fingerprint density at radius 1 is 0.320 bits per heavy atom. The predicted molar refractivity (Wildman–Crippen MR) is 410 cm³/mol. The van der Waals surface area contributed by atoms with E-state index in [2.05, 4.69) is 290 Å². The van der Waals surface area contributed by atoms with Gasteiger partial charge in [-0.15, -0.1) is 0 Å². The van der Waals surface area contributed by atoms with E-state index in [4.69, 9.17) is 24.3 Å². The molecule has 1 aliphatic rings. The number of fused-ring (bicyclic) bond motifs is 18. The summed E-state index contributed by atoms with van der Waals surface area (Å²) in [6.45, 7) is 8.36. The normalized spacial score (nSPS) is 13.4. The fraction of sp³-hybridized carbons (Fsp3) is 0.0805. The van der Waals surface area contributed by atoms with E-state index in [1.807, 2.05) is 71.5 Å². The third-order valence-corrected chi connectivity index (χ3v) is 19.9. The minimum atomic E-state index is -0.422. The van der Waals surface area contributed by atoms with Crippen LogP contribution in [0.4, 0.5) is 0 Å². The minimum Gasteiger partial charge on any atom is -0.399 e. The van der Waals surface area contributed by atoms with E-state index in [-0.39, 0.29) is 7.43 Å². The number of rotatable bonds is 6. The third kappa shape index (κ3) is 10.8. The van der Waals surface area contributed by atoms with Gasteiger partial charge < -0.3 is 18.1 Å². The monoisotopic (exact) mass is 1320 g/mol. The highest BCUT2D eigenvalue weighted by Gasteiger charge is 2.51. The van der Waals surface area contributed by atoms with Gasteiger partial charge >= 0.3 is 7.12 Å². The second kappa shape index (κ2) is 24.6. The van der Waals surface area contributed by atoms with E-state index in [0.29, 0.717) is 0 Å². The molecular formula is C87H66BBrN6O2. The van der Waals surface area contributed by atoms with Gasteiger partial charge in [-0.25, -0.2) is 19.9 Å². The van der Waals surface area contributed by atoms with Crippen LogP contribution in [-0.4, -0.2) is 47.1 Å². The molecule has 0 atom stereocenters. The van der Waals surface area contributed by atoms with Crippen LogP contribution in [0.25, 0.3) is 154 Å². The quantitative estimate of drug-likeness (QED) is 0.122. The fourth-order valence-electron chi connectivity index (χ4n) is 13.9. The topological polar surface area (TPSA) is 78.8 Å². The molecule has 18 aromatic rings. The van der Waals surface area contributed by atoms with Crippen LogP contribution in [0.3, 0.4) is 0 Å². The van der Waals surface area contributed by atoms with E-state index < -0.39 is 18.3 Å². The summed E-state index contributed by atoms with van der Waals surface area (Å²) in [6, 6.07) is 98.1. The first-order chi connectivity index (χ1) is 47.0. The molecule has 0 bridgehead atoms. The lowest BCUT2D eigenvalue weighted by molar-refractivity contribution is 0.00578. The van der Waals surface area contributed by atoms with Crippen molar-refractivity contribution in [2.24, 2.45) is 0 Å². The Hall–Kier alpha value is -11.1. The van der Waals surface area contributed by atoms with Crippen molar-refractivity contribution in [2.45, 2.75) is 46.3 Å². The molecule has 97 heavy (non-hydrogen) atoms. The van der Waals surface area contributed by atoms with Crippen molar-refractivity contribution >= 4 is 126 Å². The van der Waals surface area contributed by atoms with E-state index in [1.165, 1.54) is 75.4 Å². The number of hydrogen-bond acceptors (Lipinski definition) is 6. The Labute approximate surface area is 571 Å². The molecule has 0 amide bonds. The second-order valence-corrected chi connectivity index (χ2v) is 26.6. The van der Waals surface area contributed by atoms with Gasteiger partial charge in [-0.3, -0.25) is 0 Å². The molecule has 466 valence electrons. The van der Waals surface area contributed by atoms with Crippen molar-refractivity contribution in [3.8, 4) is 56.2 Å². The third-order valence-electron chi connectivity index (χ3n) is 19.4. The van der Waals surface area contributed by atoms with Crippen molar-refractivity contribution < 1.29 is 9.31 Å². The molecule has 10 heteroatoms. The molecule has 8 nitrogen and oxygen atoms in total. The van der Waals surface area contributed by atoms with Gasteiger partial charge in [0, 0.05) is 83.8 Å². The zero-order chi connectivity index (χ0) is 64.7. The summed E-state index contributed by atoms with van der Waals surface area (Å²) in [6.07, 6.45) is 8.15. The number of hydrogen-bond donors (Lipinski definition) is 0. The Bertz CT molecular complexity index is 6000. The number of aromatic nitrogens is 6. The Balaban J connectivity index is 0.000000124. The smallest absolute Gasteiger partial charge is 0.399 e. The SMILES string of the molecule is Brc1ccc(-c2cn3ccccc3n2)cc1.C.CC1(C)OB(c2cccc(-c3nc4ccccc4c4c5ccccc5c5ccccc5c34)c2)OC1(C)C.c1cc(-c2ccc(-c3cn4ccccc4n3)cc2)cc(-c2nc3ccccc3c3c4ccccc4c4ccccc4c23)c1. The van der Waals surface area contributed by atoms with Gasteiger partial charge in [0.1, 0.15) is 11.3 Å². The predicted octanol–water partition coefficient (Wildman–Crippen LogP) is 22.4. The number of imidazole rings is 2. The number of nitrogens with zero attached hydrogens (tertiary/aromatic N) is 6. The first-order valence-corrected chi connectivity index (χ1v) is 33.3. The standard InChI is InChI=1S/C40H25N3.C33H28BNO2.C13H9BrN2.CH4/c1-3-14-32-30(12-1)31-13-2-4-15-33(31)39-38(32)34-16-5-6-17-35(34)42-40(39)29-11-9-10-28(24-29)26-19-21-27(22-20-26)36-25-43-23-8-7-18-37(43)41-36;1-32(2)33(3,4)37-34(36-32)22-13-11-12-21(20-22)31-30-26-17-8-6-15-24(26)23-14-5-7-16-25(23)29(30)27-18-9-10-19-28(27)35-31;14-11-6-4-10(5-7-11)12-9-16-8-2-1-3-13(16)15-12;/h1-25H;5-20H,1-4H3;1-9H;1H4. The van der Waals surface area contributed by atoms with Gasteiger partial charge in [0.15, 0.2) is 0 Å². The molecule has 19 rings (SSSR count). The lowest BCUT2D eigenvalue weighted by Gasteiger charge is -2.32. The molecule has 12 aromatic carbocycles. The molecule has 0 saturated carbocycles. The summed E-state index contributed by atoms with van der Waals surface area (Å²) in [5, 5.41) is 17.2. The lowest BCUT2D eigenvalue weighted by Crippen LogP contribution is -2.41. The first-order valence-electron chi connectivity index (χ1n) is 32.5. The van der Waals surface area contributed by atoms with Crippen LogP contribution in [0, 0.1) is 0 Å². The van der Waals surface area contributed by atoms with Crippen LogP contribution < -0.4 is 5.46 Å². The Kier molecular flexibility index (Phi) is 15.4. The summed E-state index contributed by atoms with van der Waals surface area (Å²) in [4.78, 5) is 20.0. The molecule has 0 spiro atoms. The van der Waals surface area contributed by atoms with Crippen molar-refractivity contribution in [3.05, 3.63) is 308 Å². The van der Waals surface area contributed by atoms with Gasteiger partial charge in [0.2, 0.25) is 0 Å². The number of pyridine rings is 4. The van der Waals surface area contributed by atoms with E-state index >= 15 is 0 Å². The highest BCUT2D eigenvalue weighted by molar-refractivity contribution is 9.10. The number of halogens is 1. The molecule has 1 fully saturated rings. The van der Waals surface area contributed by atoms with Crippen molar-refractivity contribution in [1.29, 1.82) is 0 Å². The van der Waals surface area contributed by atoms with Gasteiger partial charge in [-0.1, -0.05) is 248 Å². The molecule has 6 aromatic heterocycles. The van der Waals surface area contributed by atoms with E-state index in [9.17, 15) is 0 Å². The van der Waals surface area contributed by atoms with E-state index in [1.54, 1.807) is 0 Å². The lowest BCUT2D eigenvalue weighted by atomic mass is 9.78. The maximum atomic E-state index is 6.38. The van der Waals surface area contributed by atoms with Crippen LogP contribution >= 0.6 is 15.9 Å². The van der Waals surface area contributed by atoms with Gasteiger partial charge in [0.25, 0.3) is 0 Å². The Morgan fingerprint density at radius 2 is 0.680 bits per heavy atom. The van der Waals surface area contributed by atoms with Gasteiger partial charge in [0.05, 0.1) is 45.0 Å². The average Bonchev–Trinajstić information content (AvgIpc) is 1.34. The zero-order valence-corrected chi connectivity index (χ0v) is 54.9. The molecule has 0 unspecified atom stereocenters. The van der Waals surface area contributed by atoms with Crippen molar-refractivity contribution in [3.63, 3.8) is 0 Å². The largest absolute Gasteiger partial charge is 0.494 e. The fourth-order valence-corrected chi connectivity index (χ4v) is 14.2. The van der Waals surface area contributed by atoms with Crippen LogP contribution in [0.5, 0.6) is 0 Å². The number of para-hydroxylation sites is 2. The van der Waals surface area contributed by atoms with E-state index in [0.717, 1.165) is 88.4 Å². The summed E-state index contributed by atoms with van der Waals surface area (Å²) in [5.74, 6) is 0. The van der Waals surface area contributed by atoms with Crippen molar-refractivity contribution in [2.75, 3.05) is 0 Å². The second-order valence-electron chi connectivity index (χ2n) is 25.7. The first kappa shape index (κ1) is 60.8. The summed E-state index contributed by atoms with van der Waals surface area (Å²) in [7, 11) is -0.422. The summed E-state index contributed by atoms with van der Waals surface area (Å²) in [5.41, 5.74) is 14.8. The molecule has 0 N–H and O–H groups in total. The molecule has 7 heterocycles. The molecule has 1 saturated heterocycles. The maximum Gasteiger partial charge on any atom is 0.494 e.